The predicted octanol–water partition coefficient (Wildman–Crippen LogP) is 3.98. The molecule has 3 heterocycles. The molecule has 1 aliphatic carbocycles. The van der Waals surface area contributed by atoms with Gasteiger partial charge in [0.15, 0.2) is 22.9 Å². The maximum Gasteiger partial charge on any atom is 0.435 e. The summed E-state index contributed by atoms with van der Waals surface area (Å²) in [4.78, 5) is 33.3. The average Bonchev–Trinajstić information content (AvgIpc) is 3.60. The number of nitrogens with zero attached hydrogens (tertiary/aromatic N) is 6. The SMILES string of the molecule is CCc1c(C(=O)NC2CCC(N)CC2)ccc(Nc2nccn3c(-c4cn(CC#N)nc4C(F)(F)F)cnc23)c1OC=O. The van der Waals surface area contributed by atoms with Gasteiger partial charge in [-0.25, -0.2) is 9.97 Å². The third-order valence-electron chi connectivity index (χ3n) is 7.35. The summed E-state index contributed by atoms with van der Waals surface area (Å²) in [5, 5.41) is 18.6. The molecule has 1 amide bonds. The van der Waals surface area contributed by atoms with Crippen molar-refractivity contribution < 1.29 is 27.5 Å². The number of hydrogen-bond donors (Lipinski definition) is 3. The molecule has 224 valence electrons. The first kappa shape index (κ1) is 29.5. The fraction of sp³-hybridized carbons (Fsp3) is 0.357. The van der Waals surface area contributed by atoms with Gasteiger partial charge >= 0.3 is 6.18 Å². The van der Waals surface area contributed by atoms with Crippen LogP contribution < -0.4 is 21.1 Å². The Balaban J connectivity index is 1.50. The van der Waals surface area contributed by atoms with Crippen LogP contribution in [0.25, 0.3) is 16.9 Å². The number of halogens is 3. The monoisotopic (exact) mass is 595 g/mol. The Morgan fingerprint density at radius 3 is 2.70 bits per heavy atom. The molecule has 0 bridgehead atoms. The topological polar surface area (TPSA) is 165 Å². The lowest BCUT2D eigenvalue weighted by Crippen LogP contribution is -2.40. The maximum absolute atomic E-state index is 13.8. The van der Waals surface area contributed by atoms with Gasteiger partial charge in [0.05, 0.1) is 29.2 Å². The number of fused-ring (bicyclic) bond motifs is 1. The molecule has 15 heteroatoms. The largest absolute Gasteiger partial charge is 0.435 e. The van der Waals surface area contributed by atoms with Crippen molar-refractivity contribution in [2.75, 3.05) is 5.32 Å². The third-order valence-corrected chi connectivity index (χ3v) is 7.35. The van der Waals surface area contributed by atoms with Crippen LogP contribution in [0.3, 0.4) is 0 Å². The Morgan fingerprint density at radius 2 is 2.02 bits per heavy atom. The summed E-state index contributed by atoms with van der Waals surface area (Å²) < 4.78 is 49.0. The van der Waals surface area contributed by atoms with E-state index >= 15 is 0 Å². The van der Waals surface area contributed by atoms with Crippen molar-refractivity contribution in [2.45, 2.75) is 63.8 Å². The van der Waals surface area contributed by atoms with E-state index in [0.717, 1.165) is 36.6 Å². The highest BCUT2D eigenvalue weighted by molar-refractivity contribution is 5.98. The number of carbonyl (C=O) groups excluding carboxylic acids is 2. The van der Waals surface area contributed by atoms with Gasteiger partial charge in [0.1, 0.15) is 6.54 Å². The normalized spacial score (nSPS) is 16.9. The molecular weight excluding hydrogens is 567 g/mol. The molecule has 0 saturated heterocycles. The Labute approximate surface area is 243 Å². The Kier molecular flexibility index (Phi) is 8.31. The number of rotatable bonds is 9. The Morgan fingerprint density at radius 1 is 1.26 bits per heavy atom. The number of hydrogen-bond acceptors (Lipinski definition) is 9. The van der Waals surface area contributed by atoms with Crippen molar-refractivity contribution in [3.63, 3.8) is 0 Å². The van der Waals surface area contributed by atoms with Crippen LogP contribution >= 0.6 is 0 Å². The zero-order chi connectivity index (χ0) is 30.7. The lowest BCUT2D eigenvalue weighted by molar-refractivity contribution is -0.141. The van der Waals surface area contributed by atoms with E-state index < -0.39 is 11.9 Å². The van der Waals surface area contributed by atoms with E-state index in [9.17, 15) is 22.8 Å². The minimum absolute atomic E-state index is 0.00782. The van der Waals surface area contributed by atoms with Gasteiger partial charge in [-0.3, -0.25) is 18.7 Å². The van der Waals surface area contributed by atoms with Crippen LogP contribution in [-0.2, 0) is 23.9 Å². The van der Waals surface area contributed by atoms with Gasteiger partial charge in [0, 0.05) is 41.8 Å². The Bertz CT molecular complexity index is 1700. The van der Waals surface area contributed by atoms with Crippen molar-refractivity contribution in [1.29, 1.82) is 5.26 Å². The van der Waals surface area contributed by atoms with Crippen molar-refractivity contribution in [2.24, 2.45) is 5.73 Å². The molecule has 43 heavy (non-hydrogen) atoms. The van der Waals surface area contributed by atoms with Crippen molar-refractivity contribution in [3.05, 3.63) is 53.7 Å². The van der Waals surface area contributed by atoms with Crippen LogP contribution in [0.4, 0.5) is 24.7 Å². The van der Waals surface area contributed by atoms with Crippen LogP contribution in [-0.4, -0.2) is 48.6 Å². The van der Waals surface area contributed by atoms with Crippen LogP contribution in [0.5, 0.6) is 5.75 Å². The van der Waals surface area contributed by atoms with Gasteiger partial charge in [-0.15, -0.1) is 0 Å². The molecule has 3 aromatic heterocycles. The summed E-state index contributed by atoms with van der Waals surface area (Å²) in [5.74, 6) is -0.0287. The van der Waals surface area contributed by atoms with E-state index in [2.05, 4.69) is 25.7 Å². The number of nitrogens with two attached hydrogens (primary N) is 1. The Hall–Kier alpha value is -4.97. The summed E-state index contributed by atoms with van der Waals surface area (Å²) in [6.45, 7) is 1.71. The standard InChI is InChI=1S/C28H28F3N9O3/c1-2-18-19(27(42)36-17-5-3-16(33)4-6-17)7-8-21(23(18)43-15-41)37-25-26-35-13-22(40(26)12-10-34-25)20-14-39(11-9-32)38-24(20)28(29,30)31/h7-8,10,12-17H,2-6,11,33H2,1H3,(H,34,37)(H,36,42). The molecule has 0 spiro atoms. The minimum atomic E-state index is -4.77. The number of nitriles is 1. The van der Waals surface area contributed by atoms with Gasteiger partial charge < -0.3 is 21.1 Å². The molecule has 1 aliphatic rings. The summed E-state index contributed by atoms with van der Waals surface area (Å²) >= 11 is 0. The van der Waals surface area contributed by atoms with Crippen LogP contribution in [0.2, 0.25) is 0 Å². The van der Waals surface area contributed by atoms with Gasteiger partial charge in [0.2, 0.25) is 0 Å². The molecule has 0 atom stereocenters. The van der Waals surface area contributed by atoms with E-state index in [1.807, 2.05) is 6.92 Å². The second-order valence-corrected chi connectivity index (χ2v) is 10.1. The zero-order valence-corrected chi connectivity index (χ0v) is 23.1. The van der Waals surface area contributed by atoms with Crippen LogP contribution in [0.15, 0.2) is 36.9 Å². The van der Waals surface area contributed by atoms with E-state index in [4.69, 9.17) is 15.7 Å². The first-order valence-corrected chi connectivity index (χ1v) is 13.6. The maximum atomic E-state index is 13.8. The number of ether oxygens (including phenoxy) is 1. The summed E-state index contributed by atoms with van der Waals surface area (Å²) in [7, 11) is 0. The lowest BCUT2D eigenvalue weighted by Gasteiger charge is -2.27. The molecule has 12 nitrogen and oxygen atoms in total. The molecular formula is C28H28F3N9O3. The van der Waals surface area contributed by atoms with Gasteiger partial charge in [-0.05, 0) is 44.2 Å². The van der Waals surface area contributed by atoms with E-state index in [0.29, 0.717) is 23.2 Å². The fourth-order valence-corrected chi connectivity index (χ4v) is 5.31. The first-order valence-electron chi connectivity index (χ1n) is 13.6. The lowest BCUT2D eigenvalue weighted by atomic mass is 9.91. The number of amides is 1. The second-order valence-electron chi connectivity index (χ2n) is 10.1. The second kappa shape index (κ2) is 12.1. The number of imidazole rings is 1. The van der Waals surface area contributed by atoms with Gasteiger partial charge in [0.25, 0.3) is 12.4 Å². The van der Waals surface area contributed by atoms with Crippen molar-refractivity contribution in [3.8, 4) is 23.1 Å². The first-order chi connectivity index (χ1) is 20.6. The summed E-state index contributed by atoms with van der Waals surface area (Å²) in [6, 6.07) is 5.07. The van der Waals surface area contributed by atoms with Crippen molar-refractivity contribution in [1.82, 2.24) is 29.5 Å². The number of alkyl halides is 3. The fourth-order valence-electron chi connectivity index (χ4n) is 5.31. The molecule has 1 aromatic carbocycles. The minimum Gasteiger partial charge on any atom is -0.426 e. The molecule has 0 unspecified atom stereocenters. The molecule has 1 saturated carbocycles. The number of anilines is 2. The van der Waals surface area contributed by atoms with Gasteiger partial charge in [-0.2, -0.15) is 23.5 Å². The molecule has 0 aliphatic heterocycles. The summed E-state index contributed by atoms with van der Waals surface area (Å²) in [6.07, 6.45) is 3.97. The van der Waals surface area contributed by atoms with Gasteiger partial charge in [-0.1, -0.05) is 6.92 Å². The highest BCUT2D eigenvalue weighted by Gasteiger charge is 2.38. The summed E-state index contributed by atoms with van der Waals surface area (Å²) in [5.41, 5.74) is 5.94. The van der Waals surface area contributed by atoms with E-state index in [-0.39, 0.29) is 59.5 Å². The highest BCUT2D eigenvalue weighted by Crippen LogP contribution is 2.38. The predicted molar refractivity (Wildman–Crippen MR) is 148 cm³/mol. The molecule has 0 radical (unpaired) electrons. The van der Waals surface area contributed by atoms with Crippen LogP contribution in [0, 0.1) is 11.3 Å². The van der Waals surface area contributed by atoms with Crippen molar-refractivity contribution >= 4 is 29.5 Å². The quantitative estimate of drug-likeness (QED) is 0.243. The van der Waals surface area contributed by atoms with E-state index in [1.54, 1.807) is 18.2 Å². The molecule has 4 aromatic rings. The zero-order valence-electron chi connectivity index (χ0n) is 23.1. The average molecular weight is 596 g/mol. The molecule has 4 N–H and O–H groups in total. The molecule has 1 fully saturated rings. The third kappa shape index (κ3) is 6.00. The van der Waals surface area contributed by atoms with Crippen LogP contribution in [0.1, 0.15) is 54.2 Å². The molecule has 5 rings (SSSR count). The highest BCUT2D eigenvalue weighted by atomic mass is 19.4. The van der Waals surface area contributed by atoms with E-state index in [1.165, 1.54) is 23.0 Å². The smallest absolute Gasteiger partial charge is 0.426 e. The number of nitrogens with one attached hydrogen (secondary N) is 2. The number of benzene rings is 1. The number of aromatic nitrogens is 5. The number of carbonyl (C=O) groups is 2.